The Balaban J connectivity index is 1.61. The van der Waals surface area contributed by atoms with E-state index in [2.05, 4.69) is 16.0 Å². The number of hydrogen-bond acceptors (Lipinski definition) is 2. The fourth-order valence-corrected chi connectivity index (χ4v) is 3.08. The van der Waals surface area contributed by atoms with Gasteiger partial charge in [-0.25, -0.2) is 9.59 Å². The van der Waals surface area contributed by atoms with Gasteiger partial charge in [0.15, 0.2) is 0 Å². The number of benzene rings is 3. The summed E-state index contributed by atoms with van der Waals surface area (Å²) in [5.74, 6) is 0. The van der Waals surface area contributed by atoms with Crippen molar-refractivity contribution in [3.8, 4) is 0 Å². The van der Waals surface area contributed by atoms with Crippen molar-refractivity contribution in [2.24, 2.45) is 0 Å². The zero-order chi connectivity index (χ0) is 21.3. The van der Waals surface area contributed by atoms with Crippen LogP contribution < -0.4 is 20.9 Å². The van der Waals surface area contributed by atoms with Crippen LogP contribution in [0.5, 0.6) is 0 Å². The summed E-state index contributed by atoms with van der Waals surface area (Å²) >= 11 is 5.93. The molecular formula is C23H23ClN4O2. The van der Waals surface area contributed by atoms with Crippen LogP contribution in [0.25, 0.3) is 0 Å². The van der Waals surface area contributed by atoms with Crippen molar-refractivity contribution in [2.75, 3.05) is 28.6 Å². The number of carbonyl (C=O) groups excluding carboxylic acids is 2. The van der Waals surface area contributed by atoms with Gasteiger partial charge in [-0.3, -0.25) is 4.90 Å². The van der Waals surface area contributed by atoms with Gasteiger partial charge >= 0.3 is 12.1 Å². The molecular weight excluding hydrogens is 400 g/mol. The summed E-state index contributed by atoms with van der Waals surface area (Å²) in [6.45, 7) is 2.53. The summed E-state index contributed by atoms with van der Waals surface area (Å²) in [5.41, 5.74) is 3.10. The molecule has 7 heteroatoms. The first-order chi connectivity index (χ1) is 14.5. The minimum absolute atomic E-state index is 0.266. The monoisotopic (exact) mass is 422 g/mol. The van der Waals surface area contributed by atoms with Gasteiger partial charge in [-0.2, -0.15) is 0 Å². The molecule has 0 saturated carbocycles. The van der Waals surface area contributed by atoms with Gasteiger partial charge in [0.05, 0.1) is 0 Å². The number of anilines is 3. The Hall–Kier alpha value is -3.51. The van der Waals surface area contributed by atoms with Crippen LogP contribution in [-0.4, -0.2) is 25.2 Å². The fraction of sp³-hybridized carbons (Fsp3) is 0.130. The second-order valence-electron chi connectivity index (χ2n) is 6.68. The van der Waals surface area contributed by atoms with Gasteiger partial charge in [0.1, 0.15) is 0 Å². The van der Waals surface area contributed by atoms with E-state index in [0.29, 0.717) is 22.9 Å². The summed E-state index contributed by atoms with van der Waals surface area (Å²) in [6, 6.07) is 23.1. The number of rotatable bonds is 6. The molecule has 0 heterocycles. The SMILES string of the molecule is Cc1cccc(NC(=O)N(CCNC(=O)Nc2cccc(Cl)c2)c2ccccc2)c1. The smallest absolute Gasteiger partial charge is 0.326 e. The summed E-state index contributed by atoms with van der Waals surface area (Å²) in [4.78, 5) is 26.6. The lowest BCUT2D eigenvalue weighted by molar-refractivity contribution is 0.250. The molecule has 0 saturated heterocycles. The quantitative estimate of drug-likeness (QED) is 0.490. The second kappa shape index (κ2) is 10.3. The largest absolute Gasteiger partial charge is 0.336 e. The molecule has 0 fully saturated rings. The van der Waals surface area contributed by atoms with Gasteiger partial charge in [0.25, 0.3) is 0 Å². The van der Waals surface area contributed by atoms with Crippen molar-refractivity contribution < 1.29 is 9.59 Å². The number of nitrogens with one attached hydrogen (secondary N) is 3. The first kappa shape index (κ1) is 21.2. The predicted octanol–water partition coefficient (Wildman–Crippen LogP) is 5.51. The van der Waals surface area contributed by atoms with Crippen LogP contribution in [0.1, 0.15) is 5.56 Å². The molecule has 0 bridgehead atoms. The lowest BCUT2D eigenvalue weighted by atomic mass is 10.2. The Morgan fingerprint density at radius 3 is 2.27 bits per heavy atom. The molecule has 0 aliphatic rings. The maximum absolute atomic E-state index is 12.9. The molecule has 0 atom stereocenters. The molecule has 4 amide bonds. The summed E-state index contributed by atoms with van der Waals surface area (Å²) in [7, 11) is 0. The highest BCUT2D eigenvalue weighted by Gasteiger charge is 2.16. The average molecular weight is 423 g/mol. The van der Waals surface area contributed by atoms with E-state index >= 15 is 0 Å². The first-order valence-corrected chi connectivity index (χ1v) is 9.90. The number of hydrogen-bond donors (Lipinski definition) is 3. The van der Waals surface area contributed by atoms with Crippen LogP contribution in [0.4, 0.5) is 26.7 Å². The zero-order valence-corrected chi connectivity index (χ0v) is 17.3. The Kier molecular flexibility index (Phi) is 7.29. The van der Waals surface area contributed by atoms with Crippen molar-refractivity contribution in [1.82, 2.24) is 5.32 Å². The van der Waals surface area contributed by atoms with Crippen LogP contribution in [0.2, 0.25) is 5.02 Å². The van der Waals surface area contributed by atoms with Crippen LogP contribution in [-0.2, 0) is 0 Å². The number of para-hydroxylation sites is 1. The van der Waals surface area contributed by atoms with Crippen molar-refractivity contribution in [2.45, 2.75) is 6.92 Å². The highest BCUT2D eigenvalue weighted by Crippen LogP contribution is 2.17. The molecule has 0 spiro atoms. The van der Waals surface area contributed by atoms with Gasteiger partial charge in [-0.05, 0) is 55.0 Å². The maximum Gasteiger partial charge on any atom is 0.326 e. The van der Waals surface area contributed by atoms with Gasteiger partial charge in [-0.1, -0.05) is 48.0 Å². The van der Waals surface area contributed by atoms with Gasteiger partial charge in [-0.15, -0.1) is 0 Å². The minimum atomic E-state index is -0.371. The van der Waals surface area contributed by atoms with E-state index in [1.807, 2.05) is 61.5 Å². The van der Waals surface area contributed by atoms with E-state index in [1.165, 1.54) is 0 Å². The maximum atomic E-state index is 12.9. The van der Waals surface area contributed by atoms with E-state index in [1.54, 1.807) is 29.2 Å². The number of aryl methyl sites for hydroxylation is 1. The van der Waals surface area contributed by atoms with Crippen molar-refractivity contribution in [1.29, 1.82) is 0 Å². The normalized spacial score (nSPS) is 10.2. The number of urea groups is 2. The fourth-order valence-electron chi connectivity index (χ4n) is 2.89. The molecule has 0 aromatic heterocycles. The number of carbonyl (C=O) groups is 2. The van der Waals surface area contributed by atoms with E-state index in [4.69, 9.17) is 11.6 Å². The molecule has 0 aliphatic heterocycles. The third kappa shape index (κ3) is 6.25. The van der Waals surface area contributed by atoms with Gasteiger partial charge < -0.3 is 16.0 Å². The topological polar surface area (TPSA) is 73.5 Å². The highest BCUT2D eigenvalue weighted by molar-refractivity contribution is 6.30. The van der Waals surface area contributed by atoms with Crippen LogP contribution in [0.3, 0.4) is 0 Å². The molecule has 30 heavy (non-hydrogen) atoms. The van der Waals surface area contributed by atoms with Crippen LogP contribution in [0, 0.1) is 6.92 Å². The Labute approximate surface area is 180 Å². The van der Waals surface area contributed by atoms with Crippen molar-refractivity contribution in [3.05, 3.63) is 89.4 Å². The Bertz CT molecular complexity index is 1010. The molecule has 3 N–H and O–H groups in total. The third-order valence-electron chi connectivity index (χ3n) is 4.29. The van der Waals surface area contributed by atoms with Gasteiger partial charge in [0, 0.05) is 35.2 Å². The zero-order valence-electron chi connectivity index (χ0n) is 16.6. The van der Waals surface area contributed by atoms with E-state index in [-0.39, 0.29) is 18.6 Å². The standard InChI is InChI=1S/C23H23ClN4O2/c1-17-7-5-9-19(15-17)27-23(30)28(21-11-3-2-4-12-21)14-13-25-22(29)26-20-10-6-8-18(24)16-20/h2-12,15-16H,13-14H2,1H3,(H,27,30)(H2,25,26,29). The third-order valence-corrected chi connectivity index (χ3v) is 4.52. The van der Waals surface area contributed by atoms with Crippen LogP contribution in [0.15, 0.2) is 78.9 Å². The molecule has 0 radical (unpaired) electrons. The molecule has 0 unspecified atom stereocenters. The van der Waals surface area contributed by atoms with E-state index in [9.17, 15) is 9.59 Å². The summed E-state index contributed by atoms with van der Waals surface area (Å²) in [5, 5.41) is 8.93. The Morgan fingerprint density at radius 1 is 0.867 bits per heavy atom. The van der Waals surface area contributed by atoms with E-state index in [0.717, 1.165) is 11.3 Å². The second-order valence-corrected chi connectivity index (χ2v) is 7.11. The summed E-state index contributed by atoms with van der Waals surface area (Å²) < 4.78 is 0. The highest BCUT2D eigenvalue weighted by atomic mass is 35.5. The van der Waals surface area contributed by atoms with Crippen molar-refractivity contribution in [3.63, 3.8) is 0 Å². The molecule has 154 valence electrons. The lowest BCUT2D eigenvalue weighted by Crippen LogP contribution is -2.42. The molecule has 3 aromatic carbocycles. The Morgan fingerprint density at radius 2 is 1.57 bits per heavy atom. The predicted molar refractivity (Wildman–Crippen MR) is 122 cm³/mol. The van der Waals surface area contributed by atoms with Crippen LogP contribution >= 0.6 is 11.6 Å². The minimum Gasteiger partial charge on any atom is -0.336 e. The number of nitrogens with zero attached hydrogens (tertiary/aromatic N) is 1. The number of halogens is 1. The average Bonchev–Trinajstić information content (AvgIpc) is 2.72. The van der Waals surface area contributed by atoms with Crippen molar-refractivity contribution >= 4 is 40.7 Å². The number of amides is 4. The lowest BCUT2D eigenvalue weighted by Gasteiger charge is -2.23. The van der Waals surface area contributed by atoms with Gasteiger partial charge in [0.2, 0.25) is 0 Å². The molecule has 0 aliphatic carbocycles. The van der Waals surface area contributed by atoms with E-state index < -0.39 is 0 Å². The molecule has 3 aromatic rings. The molecule has 3 rings (SSSR count). The molecule has 6 nitrogen and oxygen atoms in total. The summed E-state index contributed by atoms with van der Waals surface area (Å²) in [6.07, 6.45) is 0. The first-order valence-electron chi connectivity index (χ1n) is 9.52.